The molecule has 0 heterocycles. The molecule has 0 radical (unpaired) electrons. The van der Waals surface area contributed by atoms with E-state index < -0.39 is 0 Å². The first-order chi connectivity index (χ1) is 9.15. The molecule has 0 aromatic heterocycles. The summed E-state index contributed by atoms with van der Waals surface area (Å²) in [6.45, 7) is 5.90. The number of aryl methyl sites for hydroxylation is 1. The minimum absolute atomic E-state index is 0.00212. The van der Waals surface area contributed by atoms with Gasteiger partial charge in [0.25, 0.3) is 0 Å². The Labute approximate surface area is 115 Å². The number of benzene rings is 1. The summed E-state index contributed by atoms with van der Waals surface area (Å²) in [6.07, 6.45) is 0.812. The van der Waals surface area contributed by atoms with E-state index in [2.05, 4.69) is 10.6 Å². The van der Waals surface area contributed by atoms with E-state index in [0.29, 0.717) is 19.7 Å². The van der Waals surface area contributed by atoms with Crippen LogP contribution >= 0.6 is 0 Å². The Morgan fingerprint density at radius 2 is 2.11 bits per heavy atom. The number of hydrogen-bond acceptors (Lipinski definition) is 3. The molecular weight excluding hydrogens is 240 g/mol. The lowest BCUT2D eigenvalue weighted by Gasteiger charge is -2.12. The van der Waals surface area contributed by atoms with Crippen LogP contribution in [0.25, 0.3) is 0 Å². The van der Waals surface area contributed by atoms with Crippen molar-refractivity contribution in [2.45, 2.75) is 20.3 Å². The Balaban J connectivity index is 2.15. The Hall–Kier alpha value is -1.55. The van der Waals surface area contributed by atoms with Crippen LogP contribution in [-0.4, -0.2) is 32.7 Å². The van der Waals surface area contributed by atoms with Gasteiger partial charge in [-0.25, -0.2) is 0 Å². The number of carbonyl (C=O) groups excluding carboxylic acids is 1. The van der Waals surface area contributed by atoms with Gasteiger partial charge in [0.05, 0.1) is 6.61 Å². The van der Waals surface area contributed by atoms with Gasteiger partial charge < -0.3 is 15.4 Å². The lowest BCUT2D eigenvalue weighted by atomic mass is 10.1. The van der Waals surface area contributed by atoms with Crippen LogP contribution in [0.4, 0.5) is 0 Å². The highest BCUT2D eigenvalue weighted by Gasteiger charge is 2.10. The van der Waals surface area contributed by atoms with Gasteiger partial charge >= 0.3 is 0 Å². The van der Waals surface area contributed by atoms with Crippen molar-refractivity contribution in [3.05, 3.63) is 29.8 Å². The van der Waals surface area contributed by atoms with Crippen molar-refractivity contribution >= 4 is 5.91 Å². The fourth-order valence-corrected chi connectivity index (χ4v) is 1.76. The molecule has 0 spiro atoms. The molecule has 1 aromatic rings. The van der Waals surface area contributed by atoms with Crippen LogP contribution in [0, 0.1) is 12.8 Å². The topological polar surface area (TPSA) is 50.4 Å². The molecule has 0 aliphatic rings. The van der Waals surface area contributed by atoms with Crippen molar-refractivity contribution in [2.75, 3.05) is 26.7 Å². The van der Waals surface area contributed by atoms with E-state index in [4.69, 9.17) is 4.74 Å². The van der Waals surface area contributed by atoms with Crippen molar-refractivity contribution in [3.63, 3.8) is 0 Å². The van der Waals surface area contributed by atoms with Crippen molar-refractivity contribution in [2.24, 2.45) is 5.92 Å². The van der Waals surface area contributed by atoms with Crippen LogP contribution in [0.2, 0.25) is 0 Å². The zero-order valence-corrected chi connectivity index (χ0v) is 12.0. The summed E-state index contributed by atoms with van der Waals surface area (Å²) < 4.78 is 5.66. The SMILES string of the molecule is CNCC(C)C(=O)NCCCOc1ccccc1C. The second-order valence-electron chi connectivity index (χ2n) is 4.72. The first kappa shape index (κ1) is 15.5. The van der Waals surface area contributed by atoms with Crippen molar-refractivity contribution in [1.29, 1.82) is 0 Å². The highest BCUT2D eigenvalue weighted by atomic mass is 16.5. The minimum atomic E-state index is 0.00212. The Morgan fingerprint density at radius 3 is 2.79 bits per heavy atom. The fourth-order valence-electron chi connectivity index (χ4n) is 1.76. The molecular formula is C15H24N2O2. The van der Waals surface area contributed by atoms with Gasteiger partial charge in [-0.2, -0.15) is 0 Å². The molecule has 1 rings (SSSR count). The molecule has 1 atom stereocenters. The normalized spacial score (nSPS) is 11.9. The summed E-state index contributed by atoms with van der Waals surface area (Å²) in [5, 5.41) is 5.90. The third kappa shape index (κ3) is 5.75. The van der Waals surface area contributed by atoms with E-state index >= 15 is 0 Å². The Bertz CT molecular complexity index is 393. The first-order valence-corrected chi connectivity index (χ1v) is 6.76. The third-order valence-electron chi connectivity index (χ3n) is 2.93. The number of para-hydroxylation sites is 1. The average molecular weight is 264 g/mol. The fraction of sp³-hybridized carbons (Fsp3) is 0.533. The second kappa shape index (κ2) is 8.53. The highest BCUT2D eigenvalue weighted by Crippen LogP contribution is 2.15. The molecule has 4 nitrogen and oxygen atoms in total. The largest absolute Gasteiger partial charge is 0.493 e. The maximum absolute atomic E-state index is 11.6. The molecule has 0 aliphatic carbocycles. The number of amides is 1. The van der Waals surface area contributed by atoms with Crippen LogP contribution in [0.15, 0.2) is 24.3 Å². The monoisotopic (exact) mass is 264 g/mol. The van der Waals surface area contributed by atoms with Gasteiger partial charge in [0.2, 0.25) is 5.91 Å². The molecule has 106 valence electrons. The number of rotatable bonds is 8. The zero-order valence-electron chi connectivity index (χ0n) is 12.0. The number of hydrogen-bond donors (Lipinski definition) is 2. The molecule has 0 aliphatic heterocycles. The molecule has 0 fully saturated rings. The summed E-state index contributed by atoms with van der Waals surface area (Å²) in [6, 6.07) is 7.94. The summed E-state index contributed by atoms with van der Waals surface area (Å²) >= 11 is 0. The van der Waals surface area contributed by atoms with Gasteiger partial charge in [-0.15, -0.1) is 0 Å². The smallest absolute Gasteiger partial charge is 0.224 e. The lowest BCUT2D eigenvalue weighted by Crippen LogP contribution is -2.35. The van der Waals surface area contributed by atoms with E-state index in [1.807, 2.05) is 45.2 Å². The number of carbonyl (C=O) groups is 1. The van der Waals surface area contributed by atoms with E-state index in [1.165, 1.54) is 0 Å². The summed E-state index contributed by atoms with van der Waals surface area (Å²) in [5.41, 5.74) is 1.13. The standard InChI is InChI=1S/C15H24N2O2/c1-12-7-4-5-8-14(12)19-10-6-9-17-15(18)13(2)11-16-3/h4-5,7-8,13,16H,6,9-11H2,1-3H3,(H,17,18). The predicted molar refractivity (Wildman–Crippen MR) is 77.4 cm³/mol. The lowest BCUT2D eigenvalue weighted by molar-refractivity contribution is -0.124. The first-order valence-electron chi connectivity index (χ1n) is 6.76. The van der Waals surface area contributed by atoms with E-state index in [-0.39, 0.29) is 11.8 Å². The maximum atomic E-state index is 11.6. The quantitative estimate of drug-likeness (QED) is 0.703. The van der Waals surface area contributed by atoms with E-state index in [9.17, 15) is 4.79 Å². The average Bonchev–Trinajstić information content (AvgIpc) is 2.40. The molecule has 19 heavy (non-hydrogen) atoms. The van der Waals surface area contributed by atoms with Crippen molar-refractivity contribution < 1.29 is 9.53 Å². The molecule has 2 N–H and O–H groups in total. The summed E-state index contributed by atoms with van der Waals surface area (Å²) in [4.78, 5) is 11.6. The van der Waals surface area contributed by atoms with Crippen LogP contribution in [0.5, 0.6) is 5.75 Å². The molecule has 1 amide bonds. The predicted octanol–water partition coefficient (Wildman–Crippen LogP) is 1.74. The van der Waals surface area contributed by atoms with Gasteiger partial charge in [-0.1, -0.05) is 25.1 Å². The number of ether oxygens (including phenoxy) is 1. The van der Waals surface area contributed by atoms with Crippen LogP contribution in [-0.2, 0) is 4.79 Å². The molecule has 4 heteroatoms. The van der Waals surface area contributed by atoms with E-state index in [1.54, 1.807) is 0 Å². The minimum Gasteiger partial charge on any atom is -0.493 e. The molecule has 0 bridgehead atoms. The zero-order chi connectivity index (χ0) is 14.1. The molecule has 1 unspecified atom stereocenters. The molecule has 1 aromatic carbocycles. The Kier molecular flexibility index (Phi) is 6.97. The van der Waals surface area contributed by atoms with Gasteiger partial charge in [0.1, 0.15) is 5.75 Å². The van der Waals surface area contributed by atoms with Crippen LogP contribution in [0.1, 0.15) is 18.9 Å². The van der Waals surface area contributed by atoms with Gasteiger partial charge in [0.15, 0.2) is 0 Å². The van der Waals surface area contributed by atoms with E-state index in [0.717, 1.165) is 17.7 Å². The van der Waals surface area contributed by atoms with Gasteiger partial charge in [-0.05, 0) is 32.0 Å². The highest BCUT2D eigenvalue weighted by molar-refractivity contribution is 5.78. The third-order valence-corrected chi connectivity index (χ3v) is 2.93. The van der Waals surface area contributed by atoms with Crippen LogP contribution < -0.4 is 15.4 Å². The van der Waals surface area contributed by atoms with Gasteiger partial charge in [-0.3, -0.25) is 4.79 Å². The molecule has 0 saturated heterocycles. The summed E-state index contributed by atoms with van der Waals surface area (Å²) in [7, 11) is 1.85. The van der Waals surface area contributed by atoms with Crippen molar-refractivity contribution in [3.8, 4) is 5.75 Å². The summed E-state index contributed by atoms with van der Waals surface area (Å²) in [5.74, 6) is 1.00. The second-order valence-corrected chi connectivity index (χ2v) is 4.72. The molecule has 0 saturated carbocycles. The number of nitrogens with one attached hydrogen (secondary N) is 2. The van der Waals surface area contributed by atoms with Gasteiger partial charge in [0, 0.05) is 19.0 Å². The Morgan fingerprint density at radius 1 is 1.37 bits per heavy atom. The maximum Gasteiger partial charge on any atom is 0.224 e. The van der Waals surface area contributed by atoms with Crippen molar-refractivity contribution in [1.82, 2.24) is 10.6 Å². The van der Waals surface area contributed by atoms with Crippen LogP contribution in [0.3, 0.4) is 0 Å².